The van der Waals surface area contributed by atoms with Crippen molar-refractivity contribution in [3.8, 4) is 0 Å². The standard InChI is InChI=1S/C19H22FN3O2/c1-13-16(7-8-18(21-13)23-9-2-3-10-23)22-19(25)12-17(24)14-5-4-6-15(20)11-14/h4-8,11,17,24H,2-3,9-10,12H2,1H3,(H,22,25). The number of nitrogens with zero attached hydrogens (tertiary/aromatic N) is 2. The molecular weight excluding hydrogens is 321 g/mol. The van der Waals surface area contributed by atoms with Crippen LogP contribution in [0.5, 0.6) is 0 Å². The van der Waals surface area contributed by atoms with Gasteiger partial charge in [0.25, 0.3) is 0 Å². The number of pyridine rings is 1. The SMILES string of the molecule is Cc1nc(N2CCCC2)ccc1NC(=O)CC(O)c1cccc(F)c1. The quantitative estimate of drug-likeness (QED) is 0.875. The van der Waals surface area contributed by atoms with Crippen LogP contribution in [0.25, 0.3) is 0 Å². The second kappa shape index (κ2) is 7.61. The molecule has 1 atom stereocenters. The fraction of sp³-hybridized carbons (Fsp3) is 0.368. The fourth-order valence-corrected chi connectivity index (χ4v) is 3.01. The van der Waals surface area contributed by atoms with Crippen LogP contribution in [0.15, 0.2) is 36.4 Å². The Balaban J connectivity index is 1.62. The third-order valence-electron chi connectivity index (χ3n) is 4.39. The number of amides is 1. The largest absolute Gasteiger partial charge is 0.388 e. The van der Waals surface area contributed by atoms with Gasteiger partial charge in [0.05, 0.1) is 23.9 Å². The van der Waals surface area contributed by atoms with E-state index in [1.807, 2.05) is 19.1 Å². The first kappa shape index (κ1) is 17.4. The summed E-state index contributed by atoms with van der Waals surface area (Å²) in [5, 5.41) is 12.9. The summed E-state index contributed by atoms with van der Waals surface area (Å²) in [7, 11) is 0. The number of hydrogen-bond acceptors (Lipinski definition) is 4. The summed E-state index contributed by atoms with van der Waals surface area (Å²) >= 11 is 0. The molecule has 1 aromatic carbocycles. The number of benzene rings is 1. The number of aromatic nitrogens is 1. The number of aliphatic hydroxyl groups is 1. The molecule has 0 aliphatic carbocycles. The molecule has 132 valence electrons. The summed E-state index contributed by atoms with van der Waals surface area (Å²) in [5.41, 5.74) is 1.74. The molecule has 25 heavy (non-hydrogen) atoms. The van der Waals surface area contributed by atoms with Crippen LogP contribution < -0.4 is 10.2 Å². The van der Waals surface area contributed by atoms with E-state index in [1.165, 1.54) is 31.0 Å². The van der Waals surface area contributed by atoms with E-state index in [9.17, 15) is 14.3 Å². The fourth-order valence-electron chi connectivity index (χ4n) is 3.01. The topological polar surface area (TPSA) is 65.5 Å². The lowest BCUT2D eigenvalue weighted by Gasteiger charge is -2.18. The molecule has 0 saturated carbocycles. The van der Waals surface area contributed by atoms with Gasteiger partial charge in [-0.2, -0.15) is 0 Å². The Morgan fingerprint density at radius 2 is 2.08 bits per heavy atom. The minimum absolute atomic E-state index is 0.142. The van der Waals surface area contributed by atoms with Crippen LogP contribution >= 0.6 is 0 Å². The summed E-state index contributed by atoms with van der Waals surface area (Å²) in [6.07, 6.45) is 1.17. The molecule has 0 bridgehead atoms. The number of aliphatic hydroxyl groups excluding tert-OH is 1. The van der Waals surface area contributed by atoms with Crippen molar-refractivity contribution in [2.24, 2.45) is 0 Å². The molecule has 3 rings (SSSR count). The lowest BCUT2D eigenvalue weighted by Crippen LogP contribution is -2.20. The highest BCUT2D eigenvalue weighted by Gasteiger charge is 2.17. The van der Waals surface area contributed by atoms with Gasteiger partial charge in [-0.1, -0.05) is 12.1 Å². The van der Waals surface area contributed by atoms with E-state index in [2.05, 4.69) is 15.2 Å². The van der Waals surface area contributed by atoms with Gasteiger partial charge >= 0.3 is 0 Å². The van der Waals surface area contributed by atoms with Gasteiger partial charge in [-0.05, 0) is 49.6 Å². The lowest BCUT2D eigenvalue weighted by atomic mass is 10.1. The van der Waals surface area contributed by atoms with E-state index in [4.69, 9.17) is 0 Å². The van der Waals surface area contributed by atoms with E-state index in [0.29, 0.717) is 11.3 Å². The van der Waals surface area contributed by atoms with Crippen molar-refractivity contribution in [1.29, 1.82) is 0 Å². The zero-order chi connectivity index (χ0) is 17.8. The highest BCUT2D eigenvalue weighted by Crippen LogP contribution is 2.23. The molecule has 0 spiro atoms. The Morgan fingerprint density at radius 1 is 1.32 bits per heavy atom. The highest BCUT2D eigenvalue weighted by atomic mass is 19.1. The van der Waals surface area contributed by atoms with Gasteiger partial charge in [0.15, 0.2) is 0 Å². The molecular formula is C19H22FN3O2. The van der Waals surface area contributed by atoms with E-state index in [-0.39, 0.29) is 12.3 Å². The van der Waals surface area contributed by atoms with Crippen molar-refractivity contribution in [3.63, 3.8) is 0 Å². The van der Waals surface area contributed by atoms with Gasteiger partial charge in [0.2, 0.25) is 5.91 Å². The smallest absolute Gasteiger partial charge is 0.227 e. The number of nitrogens with one attached hydrogen (secondary N) is 1. The molecule has 1 aliphatic heterocycles. The second-order valence-corrected chi connectivity index (χ2v) is 6.32. The maximum Gasteiger partial charge on any atom is 0.227 e. The molecule has 5 nitrogen and oxygen atoms in total. The Hall–Kier alpha value is -2.47. The number of rotatable bonds is 5. The van der Waals surface area contributed by atoms with Crippen molar-refractivity contribution >= 4 is 17.4 Å². The molecule has 2 heterocycles. The zero-order valence-electron chi connectivity index (χ0n) is 14.2. The minimum atomic E-state index is -1.05. The van der Waals surface area contributed by atoms with Gasteiger partial charge in [-0.15, -0.1) is 0 Å². The Morgan fingerprint density at radius 3 is 2.76 bits per heavy atom. The predicted molar refractivity (Wildman–Crippen MR) is 95.0 cm³/mol. The molecule has 0 radical (unpaired) electrons. The normalized spacial score (nSPS) is 15.2. The van der Waals surface area contributed by atoms with Gasteiger partial charge in [-0.25, -0.2) is 9.37 Å². The molecule has 1 saturated heterocycles. The summed E-state index contributed by atoms with van der Waals surface area (Å²) in [6.45, 7) is 3.87. The zero-order valence-corrected chi connectivity index (χ0v) is 14.2. The number of anilines is 2. The third-order valence-corrected chi connectivity index (χ3v) is 4.39. The molecule has 6 heteroatoms. The number of carbonyl (C=O) groups excluding carboxylic acids is 1. The molecule has 1 fully saturated rings. The summed E-state index contributed by atoms with van der Waals surface area (Å²) < 4.78 is 13.2. The monoisotopic (exact) mass is 343 g/mol. The third kappa shape index (κ3) is 4.33. The first-order valence-corrected chi connectivity index (χ1v) is 8.49. The van der Waals surface area contributed by atoms with Crippen LogP contribution in [0.3, 0.4) is 0 Å². The van der Waals surface area contributed by atoms with Crippen molar-refractivity contribution in [2.75, 3.05) is 23.3 Å². The van der Waals surface area contributed by atoms with Crippen LogP contribution in [-0.4, -0.2) is 29.1 Å². The first-order valence-electron chi connectivity index (χ1n) is 8.49. The van der Waals surface area contributed by atoms with Gasteiger partial charge in [-0.3, -0.25) is 4.79 Å². The Kier molecular flexibility index (Phi) is 5.28. The number of halogens is 1. The van der Waals surface area contributed by atoms with Gasteiger partial charge < -0.3 is 15.3 Å². The van der Waals surface area contributed by atoms with E-state index in [1.54, 1.807) is 6.07 Å². The first-order chi connectivity index (χ1) is 12.0. The second-order valence-electron chi connectivity index (χ2n) is 6.32. The van der Waals surface area contributed by atoms with Gasteiger partial charge in [0, 0.05) is 13.1 Å². The maximum absolute atomic E-state index is 13.2. The number of aryl methyl sites for hydroxylation is 1. The van der Waals surface area contributed by atoms with Crippen molar-refractivity contribution in [1.82, 2.24) is 4.98 Å². The predicted octanol–water partition coefficient (Wildman–Crippen LogP) is 3.19. The minimum Gasteiger partial charge on any atom is -0.388 e. The molecule has 1 aromatic heterocycles. The molecule has 2 aromatic rings. The van der Waals surface area contributed by atoms with Crippen LogP contribution in [0.4, 0.5) is 15.9 Å². The average Bonchev–Trinajstić information content (AvgIpc) is 3.11. The van der Waals surface area contributed by atoms with Crippen LogP contribution in [0.2, 0.25) is 0 Å². The van der Waals surface area contributed by atoms with Crippen LogP contribution in [-0.2, 0) is 4.79 Å². The summed E-state index contributed by atoms with van der Waals surface area (Å²) in [6, 6.07) is 9.37. The van der Waals surface area contributed by atoms with E-state index >= 15 is 0 Å². The molecule has 1 unspecified atom stereocenters. The lowest BCUT2D eigenvalue weighted by molar-refractivity contribution is -0.118. The number of hydrogen-bond donors (Lipinski definition) is 2. The maximum atomic E-state index is 13.2. The molecule has 1 amide bonds. The Bertz CT molecular complexity index is 760. The van der Waals surface area contributed by atoms with Gasteiger partial charge in [0.1, 0.15) is 11.6 Å². The van der Waals surface area contributed by atoms with Crippen molar-refractivity contribution in [3.05, 3.63) is 53.5 Å². The number of carbonyl (C=O) groups is 1. The summed E-state index contributed by atoms with van der Waals surface area (Å²) in [5.74, 6) is 0.151. The van der Waals surface area contributed by atoms with Crippen LogP contribution in [0, 0.1) is 12.7 Å². The molecule has 2 N–H and O–H groups in total. The van der Waals surface area contributed by atoms with Crippen LogP contribution in [0.1, 0.15) is 36.6 Å². The summed E-state index contributed by atoms with van der Waals surface area (Å²) in [4.78, 5) is 19.0. The average molecular weight is 343 g/mol. The molecule has 1 aliphatic rings. The Labute approximate surface area is 146 Å². The van der Waals surface area contributed by atoms with E-state index < -0.39 is 11.9 Å². The van der Waals surface area contributed by atoms with Crippen molar-refractivity contribution < 1.29 is 14.3 Å². The van der Waals surface area contributed by atoms with E-state index in [0.717, 1.165) is 24.6 Å². The van der Waals surface area contributed by atoms with Crippen molar-refractivity contribution in [2.45, 2.75) is 32.3 Å². The highest BCUT2D eigenvalue weighted by molar-refractivity contribution is 5.91.